The maximum absolute atomic E-state index is 15.6. The van der Waals surface area contributed by atoms with Crippen molar-refractivity contribution in [2.45, 2.75) is 30.9 Å². The molecule has 1 amide bonds. The van der Waals surface area contributed by atoms with E-state index in [2.05, 4.69) is 0 Å². The van der Waals surface area contributed by atoms with Crippen LogP contribution in [0.1, 0.15) is 16.7 Å². The summed E-state index contributed by atoms with van der Waals surface area (Å²) in [5.41, 5.74) is 6.60. The van der Waals surface area contributed by atoms with E-state index < -0.39 is 20.9 Å². The first kappa shape index (κ1) is 19.8. The van der Waals surface area contributed by atoms with Crippen LogP contribution >= 0.6 is 0 Å². The first-order valence-corrected chi connectivity index (χ1v) is 10.0. The maximum atomic E-state index is 15.6. The minimum Gasteiger partial charge on any atom is -0.438 e. The largest absolute Gasteiger partial charge is 0.438 e. The Morgan fingerprint density at radius 2 is 1.54 bits per heavy atom. The zero-order valence-corrected chi connectivity index (χ0v) is 16.5. The fourth-order valence-corrected chi connectivity index (χ4v) is 5.04. The lowest BCUT2D eigenvalue weighted by atomic mass is 10.1. The van der Waals surface area contributed by atoms with Crippen LogP contribution in [0.25, 0.3) is 10.8 Å². The number of carbonyl (C=O) groups excluding carboxylic acids is 1. The molecule has 0 aliphatic rings. The summed E-state index contributed by atoms with van der Waals surface area (Å²) in [5.74, 6) is -1.86. The summed E-state index contributed by atoms with van der Waals surface area (Å²) in [6.45, 7) is 4.85. The Labute approximate surface area is 162 Å². The standard InChI is InChI=1S/C21H20FNO4S/c1-13-10-14(2)19(15(3)11-13)28(25,26)21(22,20(23)24)27-18-9-8-16-6-4-5-7-17(16)12-18/h4-12H,1-3H3,(H2,23,24). The average Bonchev–Trinajstić information content (AvgIpc) is 2.60. The Morgan fingerprint density at radius 3 is 2.11 bits per heavy atom. The van der Waals surface area contributed by atoms with Crippen molar-refractivity contribution in [1.82, 2.24) is 0 Å². The number of halogens is 1. The molecule has 5 nitrogen and oxygen atoms in total. The summed E-state index contributed by atoms with van der Waals surface area (Å²) in [5, 5.41) is -2.20. The summed E-state index contributed by atoms with van der Waals surface area (Å²) in [6.07, 6.45) is 0. The quantitative estimate of drug-likeness (QED) is 0.706. The molecule has 0 aliphatic heterocycles. The number of alkyl halides is 1. The smallest absolute Gasteiger partial charge is 0.434 e. The Morgan fingerprint density at radius 1 is 0.964 bits per heavy atom. The van der Waals surface area contributed by atoms with Crippen molar-refractivity contribution in [2.24, 2.45) is 5.73 Å². The van der Waals surface area contributed by atoms with Gasteiger partial charge >= 0.3 is 11.1 Å². The molecule has 1 atom stereocenters. The molecule has 0 radical (unpaired) electrons. The van der Waals surface area contributed by atoms with Crippen molar-refractivity contribution < 1.29 is 22.3 Å². The molecule has 2 N–H and O–H groups in total. The number of hydrogen-bond donors (Lipinski definition) is 1. The molecule has 0 aliphatic carbocycles. The van der Waals surface area contributed by atoms with Crippen LogP contribution in [-0.4, -0.2) is 19.5 Å². The monoisotopic (exact) mass is 401 g/mol. The molecule has 3 aromatic carbocycles. The average molecular weight is 401 g/mol. The zero-order chi connectivity index (χ0) is 20.7. The van der Waals surface area contributed by atoms with Crippen LogP contribution in [-0.2, 0) is 14.6 Å². The first-order chi connectivity index (χ1) is 13.1. The van der Waals surface area contributed by atoms with Crippen molar-refractivity contribution >= 4 is 26.5 Å². The van der Waals surface area contributed by atoms with Gasteiger partial charge in [0.2, 0.25) is 0 Å². The summed E-state index contributed by atoms with van der Waals surface area (Å²) < 4.78 is 47.0. The molecule has 1 unspecified atom stereocenters. The Balaban J connectivity index is 2.14. The van der Waals surface area contributed by atoms with Crippen LogP contribution in [0, 0.1) is 20.8 Å². The molecule has 0 saturated heterocycles. The second kappa shape index (κ2) is 6.91. The molecule has 3 aromatic rings. The number of sulfone groups is 1. The predicted molar refractivity (Wildman–Crippen MR) is 105 cm³/mol. The summed E-state index contributed by atoms with van der Waals surface area (Å²) in [6, 6.07) is 14.9. The minimum absolute atomic E-state index is 0.119. The van der Waals surface area contributed by atoms with E-state index in [4.69, 9.17) is 10.5 Å². The van der Waals surface area contributed by atoms with Gasteiger partial charge in [-0.05, 0) is 54.8 Å². The third-order valence-corrected chi connectivity index (χ3v) is 6.64. The number of nitrogens with two attached hydrogens (primary N) is 1. The van der Waals surface area contributed by atoms with Gasteiger partial charge in [0.15, 0.2) is 0 Å². The molecule has 0 fully saturated rings. The highest BCUT2D eigenvalue weighted by molar-refractivity contribution is 7.93. The molecule has 0 aromatic heterocycles. The van der Waals surface area contributed by atoms with Crippen molar-refractivity contribution in [3.63, 3.8) is 0 Å². The van der Waals surface area contributed by atoms with E-state index >= 15 is 4.39 Å². The molecular weight excluding hydrogens is 381 g/mol. The van der Waals surface area contributed by atoms with Crippen molar-refractivity contribution in [1.29, 1.82) is 0 Å². The van der Waals surface area contributed by atoms with Gasteiger partial charge in [0.05, 0.1) is 4.90 Å². The van der Waals surface area contributed by atoms with E-state index in [0.717, 1.165) is 10.9 Å². The molecular formula is C21H20FNO4S. The number of ether oxygens (including phenoxy) is 1. The van der Waals surface area contributed by atoms with E-state index in [0.29, 0.717) is 16.5 Å². The maximum Gasteiger partial charge on any atom is 0.434 e. The highest BCUT2D eigenvalue weighted by atomic mass is 32.2. The number of fused-ring (bicyclic) bond motifs is 1. The van der Waals surface area contributed by atoms with Gasteiger partial charge in [-0.15, -0.1) is 0 Å². The predicted octanol–water partition coefficient (Wildman–Crippen LogP) is 3.73. The molecule has 28 heavy (non-hydrogen) atoms. The van der Waals surface area contributed by atoms with Crippen LogP contribution in [0.5, 0.6) is 5.75 Å². The summed E-state index contributed by atoms with van der Waals surface area (Å²) >= 11 is 0. The fourth-order valence-electron chi connectivity index (χ4n) is 3.34. The van der Waals surface area contributed by atoms with Gasteiger partial charge in [0.25, 0.3) is 9.84 Å². The molecule has 0 heterocycles. The van der Waals surface area contributed by atoms with Gasteiger partial charge < -0.3 is 10.5 Å². The first-order valence-electron chi connectivity index (χ1n) is 8.55. The van der Waals surface area contributed by atoms with Gasteiger partial charge in [-0.25, -0.2) is 8.42 Å². The van der Waals surface area contributed by atoms with Crippen LogP contribution in [0.15, 0.2) is 59.5 Å². The SMILES string of the molecule is Cc1cc(C)c(S(=O)(=O)C(F)(Oc2ccc3ccccc3c2)C(N)=O)c(C)c1. The zero-order valence-electron chi connectivity index (χ0n) is 15.7. The number of amides is 1. The summed E-state index contributed by atoms with van der Waals surface area (Å²) in [4.78, 5) is 11.6. The van der Waals surface area contributed by atoms with Gasteiger partial charge in [0.1, 0.15) is 5.75 Å². The second-order valence-corrected chi connectivity index (χ2v) is 8.68. The highest BCUT2D eigenvalue weighted by Crippen LogP contribution is 2.35. The number of primary amides is 1. The second-order valence-electron chi connectivity index (χ2n) is 6.74. The van der Waals surface area contributed by atoms with E-state index in [1.807, 2.05) is 12.1 Å². The van der Waals surface area contributed by atoms with Gasteiger partial charge in [-0.2, -0.15) is 4.39 Å². The Kier molecular flexibility index (Phi) is 4.89. The fraction of sp³-hybridized carbons (Fsp3) is 0.190. The Hall–Kier alpha value is -2.93. The number of rotatable bonds is 5. The third-order valence-electron chi connectivity index (χ3n) is 4.48. The Bertz CT molecular complexity index is 1170. The number of benzene rings is 3. The number of carbonyl (C=O) groups is 1. The molecule has 0 spiro atoms. The van der Waals surface area contributed by atoms with E-state index in [9.17, 15) is 13.2 Å². The molecule has 7 heteroatoms. The van der Waals surface area contributed by atoms with Crippen LogP contribution in [0.3, 0.4) is 0 Å². The van der Waals surface area contributed by atoms with Crippen LogP contribution in [0.2, 0.25) is 0 Å². The minimum atomic E-state index is -4.89. The molecule has 0 bridgehead atoms. The third kappa shape index (κ3) is 3.22. The molecule has 0 saturated carbocycles. The van der Waals surface area contributed by atoms with E-state index in [1.54, 1.807) is 37.3 Å². The lowest BCUT2D eigenvalue weighted by Gasteiger charge is -2.25. The highest BCUT2D eigenvalue weighted by Gasteiger charge is 2.55. The lowest BCUT2D eigenvalue weighted by Crippen LogP contribution is -2.51. The molecule has 3 rings (SSSR count). The van der Waals surface area contributed by atoms with Crippen molar-refractivity contribution in [2.75, 3.05) is 0 Å². The van der Waals surface area contributed by atoms with Gasteiger partial charge in [-0.1, -0.05) is 48.0 Å². The summed E-state index contributed by atoms with van der Waals surface area (Å²) in [7, 11) is -4.89. The normalized spacial score (nSPS) is 13.9. The van der Waals surface area contributed by atoms with Gasteiger partial charge in [0, 0.05) is 0 Å². The van der Waals surface area contributed by atoms with E-state index in [-0.39, 0.29) is 10.6 Å². The van der Waals surface area contributed by atoms with Gasteiger partial charge in [-0.3, -0.25) is 4.79 Å². The van der Waals surface area contributed by atoms with Crippen molar-refractivity contribution in [3.8, 4) is 5.75 Å². The number of hydrogen-bond acceptors (Lipinski definition) is 4. The van der Waals surface area contributed by atoms with Crippen LogP contribution < -0.4 is 10.5 Å². The topological polar surface area (TPSA) is 86.5 Å². The lowest BCUT2D eigenvalue weighted by molar-refractivity contribution is -0.137. The van der Waals surface area contributed by atoms with Crippen molar-refractivity contribution in [3.05, 3.63) is 71.3 Å². The molecule has 146 valence electrons. The van der Waals surface area contributed by atoms with E-state index in [1.165, 1.54) is 26.0 Å². The number of aryl methyl sites for hydroxylation is 3. The van der Waals surface area contributed by atoms with Crippen LogP contribution in [0.4, 0.5) is 4.39 Å².